The molecule has 2 aromatic rings. The average Bonchev–Trinajstić information content (AvgIpc) is 3.05. The van der Waals surface area contributed by atoms with Crippen LogP contribution < -0.4 is 0 Å². The minimum Gasteiger partial charge on any atom is -0.343 e. The van der Waals surface area contributed by atoms with E-state index in [-0.39, 0.29) is 5.91 Å². The molecule has 1 aliphatic rings. The molecule has 1 aliphatic heterocycles. The number of carbonyl (C=O) groups is 1. The lowest BCUT2D eigenvalue weighted by Gasteiger charge is -2.12. The summed E-state index contributed by atoms with van der Waals surface area (Å²) >= 11 is 0. The topological polar surface area (TPSA) is 49.0 Å². The maximum absolute atomic E-state index is 11.7. The molecule has 96 valence electrons. The molecule has 3 rings (SSSR count). The van der Waals surface area contributed by atoms with Gasteiger partial charge in [0.05, 0.1) is 0 Å². The Labute approximate surface area is 111 Å². The van der Waals surface area contributed by atoms with Crippen molar-refractivity contribution >= 4 is 16.9 Å². The number of likely N-dealkylation sites (tertiary alicyclic amines) is 1. The third-order valence-corrected chi connectivity index (χ3v) is 3.56. The molecule has 19 heavy (non-hydrogen) atoms. The monoisotopic (exact) mass is 253 g/mol. The van der Waals surface area contributed by atoms with Crippen LogP contribution >= 0.6 is 0 Å². The maximum atomic E-state index is 11.7. The van der Waals surface area contributed by atoms with Crippen molar-refractivity contribution in [3.63, 3.8) is 0 Å². The van der Waals surface area contributed by atoms with E-state index in [1.807, 2.05) is 17.0 Å². The first-order chi connectivity index (χ1) is 9.28. The van der Waals surface area contributed by atoms with Gasteiger partial charge in [0, 0.05) is 36.3 Å². The average molecular weight is 253 g/mol. The van der Waals surface area contributed by atoms with Crippen LogP contribution in [0.15, 0.2) is 24.4 Å². The van der Waals surface area contributed by atoms with Gasteiger partial charge in [-0.1, -0.05) is 5.92 Å². The summed E-state index contributed by atoms with van der Waals surface area (Å²) in [5.41, 5.74) is 2.07. The van der Waals surface area contributed by atoms with Crippen molar-refractivity contribution in [1.82, 2.24) is 14.9 Å². The third-order valence-electron chi connectivity index (χ3n) is 3.56. The van der Waals surface area contributed by atoms with Crippen LogP contribution in [0.2, 0.25) is 0 Å². The van der Waals surface area contributed by atoms with Crippen molar-refractivity contribution in [3.05, 3.63) is 30.1 Å². The molecule has 0 spiro atoms. The van der Waals surface area contributed by atoms with Gasteiger partial charge in [0.2, 0.25) is 0 Å². The van der Waals surface area contributed by atoms with E-state index in [0.717, 1.165) is 36.2 Å². The van der Waals surface area contributed by atoms with E-state index in [2.05, 4.69) is 27.9 Å². The van der Waals surface area contributed by atoms with Gasteiger partial charge in [-0.05, 0) is 37.5 Å². The standard InChI is InChI=1S/C15H15N3O/c1-2-4-14(19)18-8-6-12(10-18)13-9-11-5-3-7-16-15(11)17-13/h3,5,7,9,12H,6,8,10H2,1H3,(H,16,17). The lowest BCUT2D eigenvalue weighted by Crippen LogP contribution is -2.26. The zero-order valence-electron chi connectivity index (χ0n) is 10.8. The molecule has 1 amide bonds. The van der Waals surface area contributed by atoms with Crippen LogP contribution in [-0.4, -0.2) is 33.9 Å². The molecule has 0 aliphatic carbocycles. The van der Waals surface area contributed by atoms with Crippen molar-refractivity contribution in [2.45, 2.75) is 19.3 Å². The number of hydrogen-bond donors (Lipinski definition) is 1. The molecule has 0 saturated carbocycles. The number of aromatic nitrogens is 2. The van der Waals surface area contributed by atoms with E-state index in [0.29, 0.717) is 5.92 Å². The number of fused-ring (bicyclic) bond motifs is 1. The highest BCUT2D eigenvalue weighted by Gasteiger charge is 2.27. The quantitative estimate of drug-likeness (QED) is 0.789. The van der Waals surface area contributed by atoms with E-state index >= 15 is 0 Å². The first-order valence-electron chi connectivity index (χ1n) is 6.43. The molecule has 4 nitrogen and oxygen atoms in total. The van der Waals surface area contributed by atoms with Crippen LogP contribution in [0, 0.1) is 11.8 Å². The van der Waals surface area contributed by atoms with Gasteiger partial charge in [-0.3, -0.25) is 4.79 Å². The Hall–Kier alpha value is -2.28. The van der Waals surface area contributed by atoms with E-state index in [1.165, 1.54) is 0 Å². The number of carbonyl (C=O) groups excluding carboxylic acids is 1. The van der Waals surface area contributed by atoms with Crippen LogP contribution in [0.1, 0.15) is 25.0 Å². The van der Waals surface area contributed by atoms with Crippen LogP contribution in [0.25, 0.3) is 11.0 Å². The Morgan fingerprint density at radius 2 is 2.47 bits per heavy atom. The molecular weight excluding hydrogens is 238 g/mol. The summed E-state index contributed by atoms with van der Waals surface area (Å²) in [6.45, 7) is 3.20. The molecule has 0 radical (unpaired) electrons. The van der Waals surface area contributed by atoms with E-state index in [9.17, 15) is 4.79 Å². The molecule has 1 unspecified atom stereocenters. The summed E-state index contributed by atoms with van der Waals surface area (Å²) in [5.74, 6) is 5.55. The Bertz CT molecular complexity index is 644. The molecule has 1 atom stereocenters. The fraction of sp³-hybridized carbons (Fsp3) is 0.333. The van der Waals surface area contributed by atoms with Gasteiger partial charge in [0.25, 0.3) is 5.91 Å². The van der Waals surface area contributed by atoms with E-state index in [1.54, 1.807) is 13.1 Å². The largest absolute Gasteiger partial charge is 0.343 e. The molecular formula is C15H15N3O. The Morgan fingerprint density at radius 1 is 1.58 bits per heavy atom. The predicted octanol–water partition coefficient (Wildman–Crippen LogP) is 1.90. The second-order valence-electron chi connectivity index (χ2n) is 4.78. The smallest absolute Gasteiger partial charge is 0.298 e. The SMILES string of the molecule is CC#CC(=O)N1CCC(c2cc3cccnc3[nH]2)C1. The van der Waals surface area contributed by atoms with Crippen molar-refractivity contribution in [3.8, 4) is 11.8 Å². The molecule has 0 aromatic carbocycles. The summed E-state index contributed by atoms with van der Waals surface area (Å²) in [5, 5.41) is 1.12. The van der Waals surface area contributed by atoms with Gasteiger partial charge >= 0.3 is 0 Å². The number of nitrogens with one attached hydrogen (secondary N) is 1. The molecule has 4 heteroatoms. The van der Waals surface area contributed by atoms with Crippen molar-refractivity contribution in [2.75, 3.05) is 13.1 Å². The van der Waals surface area contributed by atoms with Crippen molar-refractivity contribution in [2.24, 2.45) is 0 Å². The fourth-order valence-electron chi connectivity index (χ4n) is 2.58. The molecule has 1 fully saturated rings. The van der Waals surface area contributed by atoms with E-state index in [4.69, 9.17) is 0 Å². The summed E-state index contributed by atoms with van der Waals surface area (Å²) in [6, 6.07) is 6.11. The molecule has 2 aromatic heterocycles. The first kappa shape index (κ1) is 11.8. The van der Waals surface area contributed by atoms with Gasteiger partial charge in [0.1, 0.15) is 5.65 Å². The minimum atomic E-state index is -0.0702. The third kappa shape index (κ3) is 2.19. The van der Waals surface area contributed by atoms with Crippen LogP contribution in [0.3, 0.4) is 0 Å². The number of amides is 1. The molecule has 3 heterocycles. The van der Waals surface area contributed by atoms with Crippen molar-refractivity contribution < 1.29 is 4.79 Å². The fourth-order valence-corrected chi connectivity index (χ4v) is 2.58. The second-order valence-corrected chi connectivity index (χ2v) is 4.78. The molecule has 1 saturated heterocycles. The van der Waals surface area contributed by atoms with Gasteiger partial charge in [-0.25, -0.2) is 4.98 Å². The van der Waals surface area contributed by atoms with Crippen molar-refractivity contribution in [1.29, 1.82) is 0 Å². The highest BCUT2D eigenvalue weighted by Crippen LogP contribution is 2.28. The second kappa shape index (κ2) is 4.77. The van der Waals surface area contributed by atoms with Gasteiger partial charge in [-0.2, -0.15) is 0 Å². The number of pyridine rings is 1. The summed E-state index contributed by atoms with van der Waals surface area (Å²) < 4.78 is 0. The number of hydrogen-bond acceptors (Lipinski definition) is 2. The summed E-state index contributed by atoms with van der Waals surface area (Å²) in [4.78, 5) is 21.2. The van der Waals surface area contributed by atoms with Crippen LogP contribution in [-0.2, 0) is 4.79 Å². The van der Waals surface area contributed by atoms with Gasteiger partial charge < -0.3 is 9.88 Å². The summed E-state index contributed by atoms with van der Waals surface area (Å²) in [7, 11) is 0. The van der Waals surface area contributed by atoms with Gasteiger partial charge in [0.15, 0.2) is 0 Å². The Morgan fingerprint density at radius 3 is 3.26 bits per heavy atom. The number of H-pyrrole nitrogens is 1. The van der Waals surface area contributed by atoms with Gasteiger partial charge in [-0.15, -0.1) is 0 Å². The lowest BCUT2D eigenvalue weighted by atomic mass is 10.1. The number of nitrogens with zero attached hydrogens (tertiary/aromatic N) is 2. The first-order valence-corrected chi connectivity index (χ1v) is 6.43. The highest BCUT2D eigenvalue weighted by molar-refractivity contribution is 5.93. The normalized spacial score (nSPS) is 18.4. The van der Waals surface area contributed by atoms with E-state index < -0.39 is 0 Å². The maximum Gasteiger partial charge on any atom is 0.298 e. The zero-order chi connectivity index (χ0) is 13.2. The molecule has 1 N–H and O–H groups in total. The summed E-state index contributed by atoms with van der Waals surface area (Å²) in [6.07, 6.45) is 2.76. The van der Waals surface area contributed by atoms with Crippen LogP contribution in [0.5, 0.6) is 0 Å². The van der Waals surface area contributed by atoms with Crippen LogP contribution in [0.4, 0.5) is 0 Å². The lowest BCUT2D eigenvalue weighted by molar-refractivity contribution is -0.124. The Kier molecular flexibility index (Phi) is 2.96. The Balaban J connectivity index is 1.80. The molecule has 0 bridgehead atoms. The number of aromatic amines is 1. The number of rotatable bonds is 1. The zero-order valence-corrected chi connectivity index (χ0v) is 10.8. The highest BCUT2D eigenvalue weighted by atomic mass is 16.2. The predicted molar refractivity (Wildman–Crippen MR) is 73.5 cm³/mol. The minimum absolute atomic E-state index is 0.0702.